The number of nitrogens with zero attached hydrogens (tertiary/aromatic N) is 2. The van der Waals surface area contributed by atoms with Crippen molar-refractivity contribution in [1.29, 1.82) is 5.26 Å². The lowest BCUT2D eigenvalue weighted by atomic mass is 10.0. The number of aromatic nitrogens is 1. The lowest BCUT2D eigenvalue weighted by molar-refractivity contribution is 0.0411. The van der Waals surface area contributed by atoms with E-state index < -0.39 is 5.54 Å². The Labute approximate surface area is 128 Å². The molecule has 0 saturated carbocycles. The van der Waals surface area contributed by atoms with Crippen molar-refractivity contribution in [3.63, 3.8) is 0 Å². The molecule has 2 aromatic rings. The fourth-order valence-corrected chi connectivity index (χ4v) is 2.10. The van der Waals surface area contributed by atoms with E-state index in [0.29, 0.717) is 12.1 Å². The third kappa shape index (κ3) is 3.35. The van der Waals surface area contributed by atoms with Crippen molar-refractivity contribution in [2.75, 3.05) is 19.8 Å². The van der Waals surface area contributed by atoms with E-state index >= 15 is 0 Å². The van der Waals surface area contributed by atoms with E-state index in [1.807, 2.05) is 35.0 Å². The van der Waals surface area contributed by atoms with Gasteiger partial charge < -0.3 is 19.9 Å². The van der Waals surface area contributed by atoms with Crippen LogP contribution in [0.1, 0.15) is 11.3 Å². The molecule has 0 radical (unpaired) electrons. The fraction of sp³-hybridized carbons (Fsp3) is 0.312. The first-order valence-electron chi connectivity index (χ1n) is 6.92. The summed E-state index contributed by atoms with van der Waals surface area (Å²) in [7, 11) is 0. The lowest BCUT2D eigenvalue weighted by Crippen LogP contribution is -2.54. The zero-order chi connectivity index (χ0) is 16.0. The molecule has 22 heavy (non-hydrogen) atoms. The summed E-state index contributed by atoms with van der Waals surface area (Å²) in [5.41, 5.74) is 1.29. The minimum Gasteiger partial charge on any atom is -0.394 e. The van der Waals surface area contributed by atoms with Crippen molar-refractivity contribution in [2.24, 2.45) is 0 Å². The molecule has 0 saturated heterocycles. The molecule has 116 valence electrons. The average molecular weight is 301 g/mol. The summed E-state index contributed by atoms with van der Waals surface area (Å²) < 4.78 is 1.94. The summed E-state index contributed by atoms with van der Waals surface area (Å²) in [6, 6.07) is 13.0. The molecular weight excluding hydrogens is 282 g/mol. The van der Waals surface area contributed by atoms with Crippen molar-refractivity contribution in [2.45, 2.75) is 12.1 Å². The molecule has 0 atom stereocenters. The first-order valence-corrected chi connectivity index (χ1v) is 6.92. The molecule has 0 aliphatic carbocycles. The maximum atomic E-state index is 9.33. The van der Waals surface area contributed by atoms with Crippen molar-refractivity contribution in [1.82, 2.24) is 9.88 Å². The van der Waals surface area contributed by atoms with Gasteiger partial charge in [-0.25, -0.2) is 0 Å². The van der Waals surface area contributed by atoms with Gasteiger partial charge in [0, 0.05) is 24.1 Å². The summed E-state index contributed by atoms with van der Waals surface area (Å²) in [4.78, 5) is 0. The van der Waals surface area contributed by atoms with Crippen LogP contribution in [0.4, 0.5) is 0 Å². The van der Waals surface area contributed by atoms with Crippen LogP contribution in [0, 0.1) is 11.3 Å². The van der Waals surface area contributed by atoms with Crippen LogP contribution in [0.2, 0.25) is 0 Å². The number of hydrogen-bond donors (Lipinski definition) is 4. The van der Waals surface area contributed by atoms with Gasteiger partial charge in [0.05, 0.1) is 37.0 Å². The van der Waals surface area contributed by atoms with Gasteiger partial charge in [-0.15, -0.1) is 0 Å². The quantitative estimate of drug-likeness (QED) is 0.583. The zero-order valence-corrected chi connectivity index (χ0v) is 12.1. The fourth-order valence-electron chi connectivity index (χ4n) is 2.10. The minimum atomic E-state index is -1.11. The predicted molar refractivity (Wildman–Crippen MR) is 81.3 cm³/mol. The maximum absolute atomic E-state index is 9.33. The van der Waals surface area contributed by atoms with Gasteiger partial charge >= 0.3 is 0 Å². The van der Waals surface area contributed by atoms with Gasteiger partial charge in [0.25, 0.3) is 0 Å². The molecule has 0 spiro atoms. The largest absolute Gasteiger partial charge is 0.394 e. The van der Waals surface area contributed by atoms with Gasteiger partial charge in [0.1, 0.15) is 0 Å². The van der Waals surface area contributed by atoms with E-state index in [2.05, 4.69) is 11.4 Å². The monoisotopic (exact) mass is 301 g/mol. The molecule has 6 heteroatoms. The normalized spacial score (nSPS) is 11.4. The zero-order valence-electron chi connectivity index (χ0n) is 12.1. The van der Waals surface area contributed by atoms with Gasteiger partial charge in [-0.05, 0) is 36.4 Å². The van der Waals surface area contributed by atoms with Crippen molar-refractivity contribution in [3.8, 4) is 11.8 Å². The molecule has 0 fully saturated rings. The third-order valence-electron chi connectivity index (χ3n) is 3.66. The Bertz CT molecular complexity index is 631. The third-order valence-corrected chi connectivity index (χ3v) is 3.66. The highest BCUT2D eigenvalue weighted by Crippen LogP contribution is 2.14. The second-order valence-corrected chi connectivity index (χ2v) is 5.14. The van der Waals surface area contributed by atoms with Crippen LogP contribution in [0.3, 0.4) is 0 Å². The molecule has 2 rings (SSSR count). The van der Waals surface area contributed by atoms with Gasteiger partial charge in [0.15, 0.2) is 0 Å². The summed E-state index contributed by atoms with van der Waals surface area (Å²) in [6.07, 6.45) is 1.89. The second-order valence-electron chi connectivity index (χ2n) is 5.14. The number of hydrogen-bond acceptors (Lipinski definition) is 5. The number of aliphatic hydroxyl groups is 3. The molecule has 0 aliphatic rings. The van der Waals surface area contributed by atoms with Crippen molar-refractivity contribution < 1.29 is 15.3 Å². The lowest BCUT2D eigenvalue weighted by Gasteiger charge is -2.29. The Balaban J connectivity index is 2.17. The SMILES string of the molecule is N#Cc1ccc(-n2cccc2CNC(CO)(CO)CO)cc1. The highest BCUT2D eigenvalue weighted by Gasteiger charge is 2.27. The Morgan fingerprint density at radius 3 is 2.23 bits per heavy atom. The van der Waals surface area contributed by atoms with E-state index in [-0.39, 0.29) is 19.8 Å². The first kappa shape index (κ1) is 16.2. The van der Waals surface area contributed by atoms with Crippen LogP contribution >= 0.6 is 0 Å². The number of rotatable bonds is 7. The van der Waals surface area contributed by atoms with Crippen LogP contribution in [-0.4, -0.2) is 45.2 Å². The summed E-state index contributed by atoms with van der Waals surface area (Å²) in [5.74, 6) is 0. The molecule has 1 aromatic heterocycles. The maximum Gasteiger partial charge on any atom is 0.0991 e. The van der Waals surface area contributed by atoms with E-state index in [9.17, 15) is 15.3 Å². The molecule has 0 amide bonds. The van der Waals surface area contributed by atoms with Gasteiger partial charge in [-0.3, -0.25) is 5.32 Å². The molecule has 0 aliphatic heterocycles. The van der Waals surface area contributed by atoms with Crippen LogP contribution in [-0.2, 0) is 6.54 Å². The number of benzene rings is 1. The summed E-state index contributed by atoms with van der Waals surface area (Å²) in [5, 5.41) is 39.8. The van der Waals surface area contributed by atoms with E-state index in [1.165, 1.54) is 0 Å². The molecule has 6 nitrogen and oxygen atoms in total. The standard InChI is InChI=1S/C16H19N3O3/c17-8-13-3-5-14(6-4-13)19-7-1-2-15(19)9-18-16(10-20,11-21)12-22/h1-7,18,20-22H,9-12H2. The molecule has 4 N–H and O–H groups in total. The smallest absolute Gasteiger partial charge is 0.0991 e. The molecule has 0 unspecified atom stereocenters. The summed E-state index contributed by atoms with van der Waals surface area (Å²) in [6.45, 7) is -0.721. The van der Waals surface area contributed by atoms with Crippen LogP contribution in [0.25, 0.3) is 5.69 Å². The van der Waals surface area contributed by atoms with Crippen molar-refractivity contribution >= 4 is 0 Å². The molecule has 1 heterocycles. The second kappa shape index (κ2) is 7.20. The number of aliphatic hydroxyl groups excluding tert-OH is 3. The van der Waals surface area contributed by atoms with E-state index in [1.54, 1.807) is 12.1 Å². The Morgan fingerprint density at radius 1 is 1.05 bits per heavy atom. The summed E-state index contributed by atoms with van der Waals surface area (Å²) >= 11 is 0. The van der Waals surface area contributed by atoms with Crippen LogP contribution < -0.4 is 5.32 Å². The van der Waals surface area contributed by atoms with Gasteiger partial charge in [-0.2, -0.15) is 5.26 Å². The highest BCUT2D eigenvalue weighted by molar-refractivity contribution is 5.41. The van der Waals surface area contributed by atoms with Crippen LogP contribution in [0.15, 0.2) is 42.6 Å². The molecular formula is C16H19N3O3. The van der Waals surface area contributed by atoms with E-state index in [4.69, 9.17) is 5.26 Å². The minimum absolute atomic E-state index is 0.364. The molecule has 0 bridgehead atoms. The number of nitrogens with one attached hydrogen (secondary N) is 1. The topological polar surface area (TPSA) is 101 Å². The Hall–Kier alpha value is -2.17. The molecule has 1 aromatic carbocycles. The van der Waals surface area contributed by atoms with Gasteiger partial charge in [-0.1, -0.05) is 0 Å². The highest BCUT2D eigenvalue weighted by atomic mass is 16.3. The Kier molecular flexibility index (Phi) is 5.31. The van der Waals surface area contributed by atoms with Gasteiger partial charge in [0.2, 0.25) is 0 Å². The van der Waals surface area contributed by atoms with Crippen LogP contribution in [0.5, 0.6) is 0 Å². The number of nitriles is 1. The predicted octanol–water partition coefficient (Wildman–Crippen LogP) is 0.154. The van der Waals surface area contributed by atoms with E-state index in [0.717, 1.165) is 11.4 Å². The average Bonchev–Trinajstić information content (AvgIpc) is 3.05. The Morgan fingerprint density at radius 2 is 1.68 bits per heavy atom. The van der Waals surface area contributed by atoms with Crippen molar-refractivity contribution in [3.05, 3.63) is 53.9 Å². The first-order chi connectivity index (χ1) is 10.7.